The van der Waals surface area contributed by atoms with E-state index in [9.17, 15) is 14.4 Å². The molecule has 1 aliphatic heterocycles. The quantitative estimate of drug-likeness (QED) is 0.400. The lowest BCUT2D eigenvalue weighted by atomic mass is 9.67. The molecule has 0 unspecified atom stereocenters. The van der Waals surface area contributed by atoms with Crippen molar-refractivity contribution < 1.29 is 23.9 Å². The van der Waals surface area contributed by atoms with Gasteiger partial charge in [0.15, 0.2) is 5.78 Å². The van der Waals surface area contributed by atoms with Gasteiger partial charge < -0.3 is 14.8 Å². The molecule has 0 radical (unpaired) electrons. The zero-order chi connectivity index (χ0) is 24.9. The molecule has 0 bridgehead atoms. The van der Waals surface area contributed by atoms with Crippen molar-refractivity contribution >= 4 is 29.1 Å². The van der Waals surface area contributed by atoms with Gasteiger partial charge in [0.05, 0.1) is 18.8 Å². The third-order valence-electron chi connectivity index (χ3n) is 6.54. The molecule has 0 saturated heterocycles. The number of carbonyl (C=O) groups excluding carboxylic acids is 3. The SMILES string of the molecule is CCCC1=C(C(=O)OCC)[C@@H](c2ccsc2)C2=C(C[C@@H](c3ccccc3)[C@H](C(=O)OCC)C2=O)N1. The van der Waals surface area contributed by atoms with Crippen molar-refractivity contribution in [1.82, 2.24) is 5.32 Å². The van der Waals surface area contributed by atoms with Crippen LogP contribution in [-0.2, 0) is 23.9 Å². The highest BCUT2D eigenvalue weighted by Gasteiger charge is 2.49. The fourth-order valence-corrected chi connectivity index (χ4v) is 5.82. The van der Waals surface area contributed by atoms with E-state index >= 15 is 0 Å². The molecule has 0 spiro atoms. The van der Waals surface area contributed by atoms with Crippen molar-refractivity contribution in [2.45, 2.75) is 51.9 Å². The first-order valence-electron chi connectivity index (χ1n) is 12.2. The number of carbonyl (C=O) groups is 3. The van der Waals surface area contributed by atoms with Crippen LogP contribution < -0.4 is 5.32 Å². The summed E-state index contributed by atoms with van der Waals surface area (Å²) in [7, 11) is 0. The maximum Gasteiger partial charge on any atom is 0.336 e. The number of benzene rings is 1. The highest BCUT2D eigenvalue weighted by Crippen LogP contribution is 2.48. The topological polar surface area (TPSA) is 81.7 Å². The Labute approximate surface area is 210 Å². The van der Waals surface area contributed by atoms with E-state index < -0.39 is 23.8 Å². The molecule has 0 fully saturated rings. The molecule has 2 heterocycles. The maximum absolute atomic E-state index is 14.2. The average molecular weight is 494 g/mol. The molecule has 4 rings (SSSR count). The van der Waals surface area contributed by atoms with Gasteiger partial charge in [-0.25, -0.2) is 4.79 Å². The first-order chi connectivity index (χ1) is 17.0. The van der Waals surface area contributed by atoms with Crippen LogP contribution >= 0.6 is 11.3 Å². The molecule has 1 aromatic heterocycles. The number of esters is 2. The number of ether oxygens (including phenoxy) is 2. The molecule has 7 heteroatoms. The number of hydrogen-bond acceptors (Lipinski definition) is 7. The van der Waals surface area contributed by atoms with Gasteiger partial charge in [0.2, 0.25) is 0 Å². The summed E-state index contributed by atoms with van der Waals surface area (Å²) in [5.41, 5.74) is 4.26. The second kappa shape index (κ2) is 11.0. The largest absolute Gasteiger partial charge is 0.465 e. The van der Waals surface area contributed by atoms with Gasteiger partial charge in [-0.3, -0.25) is 9.59 Å². The van der Waals surface area contributed by atoms with E-state index in [2.05, 4.69) is 12.2 Å². The molecule has 184 valence electrons. The molecule has 1 aliphatic carbocycles. The van der Waals surface area contributed by atoms with E-state index in [1.165, 1.54) is 11.3 Å². The van der Waals surface area contributed by atoms with E-state index in [4.69, 9.17) is 9.47 Å². The second-order valence-corrected chi connectivity index (χ2v) is 9.46. The zero-order valence-corrected chi connectivity index (χ0v) is 21.2. The zero-order valence-electron chi connectivity index (χ0n) is 20.3. The number of nitrogens with one attached hydrogen (secondary N) is 1. The number of ketones is 1. The minimum atomic E-state index is -0.977. The highest BCUT2D eigenvalue weighted by atomic mass is 32.1. The summed E-state index contributed by atoms with van der Waals surface area (Å²) in [5.74, 6) is -3.17. The summed E-state index contributed by atoms with van der Waals surface area (Å²) in [6.45, 7) is 5.99. The van der Waals surface area contributed by atoms with Crippen LogP contribution in [0.1, 0.15) is 63.0 Å². The molecular weight excluding hydrogens is 462 g/mol. The monoisotopic (exact) mass is 493 g/mol. The van der Waals surface area contributed by atoms with Crippen LogP contribution in [0.15, 0.2) is 69.7 Å². The molecule has 1 aromatic carbocycles. The lowest BCUT2D eigenvalue weighted by Gasteiger charge is -2.39. The first kappa shape index (κ1) is 24.9. The Morgan fingerprint density at radius 2 is 1.77 bits per heavy atom. The highest BCUT2D eigenvalue weighted by molar-refractivity contribution is 7.08. The summed E-state index contributed by atoms with van der Waals surface area (Å²) in [5, 5.41) is 7.34. The Bertz CT molecular complexity index is 1150. The number of thiophene rings is 1. The van der Waals surface area contributed by atoms with Gasteiger partial charge in [-0.05, 0) is 54.6 Å². The molecular formula is C28H31NO5S. The number of Topliss-reactive ketones (excluding diaryl/α,β-unsaturated/α-hetero) is 1. The molecule has 0 amide bonds. The van der Waals surface area contributed by atoms with Crippen LogP contribution in [0.25, 0.3) is 0 Å². The summed E-state index contributed by atoms with van der Waals surface area (Å²) < 4.78 is 10.8. The maximum atomic E-state index is 14.2. The van der Waals surface area contributed by atoms with E-state index in [0.717, 1.165) is 28.9 Å². The van der Waals surface area contributed by atoms with Gasteiger partial charge in [-0.2, -0.15) is 11.3 Å². The fraction of sp³-hybridized carbons (Fsp3) is 0.393. The third-order valence-corrected chi connectivity index (χ3v) is 7.25. The van der Waals surface area contributed by atoms with Gasteiger partial charge >= 0.3 is 11.9 Å². The Balaban J connectivity index is 1.89. The summed E-state index contributed by atoms with van der Waals surface area (Å²) in [6.07, 6.45) is 1.95. The first-order valence-corrected chi connectivity index (χ1v) is 13.1. The van der Waals surface area contributed by atoms with Crippen molar-refractivity contribution in [3.05, 3.63) is 80.8 Å². The van der Waals surface area contributed by atoms with Crippen molar-refractivity contribution in [3.8, 4) is 0 Å². The standard InChI is InChI=1S/C28H31NO5S/c1-4-10-20-25(28(32)34-6-3)22(18-13-14-35-16-18)24-21(29-20)15-19(17-11-8-7-9-12-17)23(26(24)30)27(31)33-5-2/h7-9,11-14,16,19,22-23,29H,4-6,10,15H2,1-3H3/t19-,22-,23-/m0/s1. The van der Waals surface area contributed by atoms with Crippen molar-refractivity contribution in [3.63, 3.8) is 0 Å². The van der Waals surface area contributed by atoms with Gasteiger partial charge in [0.25, 0.3) is 0 Å². The van der Waals surface area contributed by atoms with Crippen LogP contribution in [0.3, 0.4) is 0 Å². The predicted molar refractivity (Wildman–Crippen MR) is 135 cm³/mol. The number of hydrogen-bond donors (Lipinski definition) is 1. The van der Waals surface area contributed by atoms with E-state index in [-0.39, 0.29) is 24.9 Å². The van der Waals surface area contributed by atoms with Crippen LogP contribution in [-0.4, -0.2) is 30.9 Å². The molecule has 2 aliphatic rings. The van der Waals surface area contributed by atoms with E-state index in [1.54, 1.807) is 13.8 Å². The summed E-state index contributed by atoms with van der Waals surface area (Å²) in [6, 6.07) is 11.6. The molecule has 3 atom stereocenters. The lowest BCUT2D eigenvalue weighted by molar-refractivity contribution is -0.152. The fourth-order valence-electron chi connectivity index (χ4n) is 5.13. The number of rotatable bonds is 8. The van der Waals surface area contributed by atoms with E-state index in [0.29, 0.717) is 24.0 Å². The van der Waals surface area contributed by atoms with Crippen LogP contribution in [0.5, 0.6) is 0 Å². The lowest BCUT2D eigenvalue weighted by Crippen LogP contribution is -2.43. The molecule has 6 nitrogen and oxygen atoms in total. The van der Waals surface area contributed by atoms with Crippen molar-refractivity contribution in [2.24, 2.45) is 5.92 Å². The Morgan fingerprint density at radius 1 is 1.03 bits per heavy atom. The molecule has 1 N–H and O–H groups in total. The minimum Gasteiger partial charge on any atom is -0.465 e. The van der Waals surface area contributed by atoms with Crippen LogP contribution in [0.4, 0.5) is 0 Å². The van der Waals surface area contributed by atoms with Gasteiger partial charge in [-0.1, -0.05) is 43.7 Å². The Morgan fingerprint density at radius 3 is 2.40 bits per heavy atom. The van der Waals surface area contributed by atoms with Gasteiger partial charge in [-0.15, -0.1) is 0 Å². The predicted octanol–water partition coefficient (Wildman–Crippen LogP) is 5.24. The van der Waals surface area contributed by atoms with Crippen LogP contribution in [0, 0.1) is 5.92 Å². The van der Waals surface area contributed by atoms with Crippen molar-refractivity contribution in [1.29, 1.82) is 0 Å². The summed E-state index contributed by atoms with van der Waals surface area (Å²) >= 11 is 1.51. The molecule has 2 aromatic rings. The minimum absolute atomic E-state index is 0.191. The number of dihydropyridines is 1. The Hall–Kier alpha value is -3.19. The molecule has 35 heavy (non-hydrogen) atoms. The van der Waals surface area contributed by atoms with E-state index in [1.807, 2.05) is 47.2 Å². The van der Waals surface area contributed by atoms with Crippen molar-refractivity contribution in [2.75, 3.05) is 13.2 Å². The van der Waals surface area contributed by atoms with Gasteiger partial charge in [0.1, 0.15) is 5.92 Å². The average Bonchev–Trinajstić information content (AvgIpc) is 3.39. The smallest absolute Gasteiger partial charge is 0.336 e. The Kier molecular flexibility index (Phi) is 7.86. The molecule has 0 saturated carbocycles. The summed E-state index contributed by atoms with van der Waals surface area (Å²) in [4.78, 5) is 40.6. The van der Waals surface area contributed by atoms with Crippen LogP contribution in [0.2, 0.25) is 0 Å². The van der Waals surface area contributed by atoms with Gasteiger partial charge in [0, 0.05) is 28.8 Å². The normalized spacial score (nSPS) is 21.9. The number of allylic oxidation sites excluding steroid dienone is 3. The third kappa shape index (κ3) is 4.82. The second-order valence-electron chi connectivity index (χ2n) is 8.68.